The summed E-state index contributed by atoms with van der Waals surface area (Å²) in [6.45, 7) is 0. The number of fused-ring (bicyclic) bond motifs is 1. The third-order valence-electron chi connectivity index (χ3n) is 2.19. The van der Waals surface area contributed by atoms with Gasteiger partial charge in [-0.25, -0.2) is 9.78 Å². The van der Waals surface area contributed by atoms with Gasteiger partial charge < -0.3 is 9.51 Å². The van der Waals surface area contributed by atoms with Gasteiger partial charge in [0.2, 0.25) is 0 Å². The highest BCUT2D eigenvalue weighted by Crippen LogP contribution is 2.29. The fourth-order valence-electron chi connectivity index (χ4n) is 1.42. The molecule has 2 heterocycles. The molecule has 1 N–H and O–H groups in total. The Morgan fingerprint density at radius 2 is 2.06 bits per heavy atom. The number of aromatic nitrogens is 2. The van der Waals surface area contributed by atoms with Gasteiger partial charge in [-0.15, -0.1) is 0 Å². The molecule has 4 nitrogen and oxygen atoms in total. The number of halogens is 3. The maximum atomic E-state index is 12.5. The van der Waals surface area contributed by atoms with Crippen molar-refractivity contribution in [3.63, 3.8) is 0 Å². The molecular weight excluding hydrogens is 249 g/mol. The van der Waals surface area contributed by atoms with Gasteiger partial charge in [-0.2, -0.15) is 13.2 Å². The molecule has 0 radical (unpaired) electrons. The number of carboxylic acid groups (broad SMARTS) is 1. The molecule has 0 amide bonds. The number of hydrogen-bond acceptors (Lipinski definition) is 2. The predicted molar refractivity (Wildman–Crippen MR) is 56.9 cm³/mol. The van der Waals surface area contributed by atoms with Gasteiger partial charge in [-0.05, 0) is 18.2 Å². The van der Waals surface area contributed by atoms with E-state index < -0.39 is 17.7 Å². The molecule has 0 bridgehead atoms. The highest BCUT2D eigenvalue weighted by Gasteiger charge is 2.30. The van der Waals surface area contributed by atoms with Crippen LogP contribution in [0.2, 0.25) is 0 Å². The second-order valence-corrected chi connectivity index (χ2v) is 3.52. The minimum Gasteiger partial charge on any atom is -0.478 e. The highest BCUT2D eigenvalue weighted by molar-refractivity contribution is 5.85. The standard InChI is InChI=1S/C11H7F3N2O2/c12-11(13,14)7-1-3-9-15-8(2-4-10(17)18)6-16(9)5-7/h1-6H,(H,17,18)/b4-2+. The topological polar surface area (TPSA) is 54.6 Å². The van der Waals surface area contributed by atoms with Crippen LogP contribution in [-0.4, -0.2) is 20.5 Å². The zero-order valence-corrected chi connectivity index (χ0v) is 8.85. The normalized spacial score (nSPS) is 12.4. The number of aliphatic carboxylic acids is 1. The summed E-state index contributed by atoms with van der Waals surface area (Å²) in [5, 5.41) is 8.43. The molecule has 0 atom stereocenters. The summed E-state index contributed by atoms with van der Waals surface area (Å²) >= 11 is 0. The van der Waals surface area contributed by atoms with E-state index in [0.717, 1.165) is 18.3 Å². The van der Waals surface area contributed by atoms with E-state index >= 15 is 0 Å². The summed E-state index contributed by atoms with van der Waals surface area (Å²) in [7, 11) is 0. The van der Waals surface area contributed by atoms with Gasteiger partial charge in [0, 0.05) is 18.5 Å². The smallest absolute Gasteiger partial charge is 0.417 e. The van der Waals surface area contributed by atoms with E-state index in [2.05, 4.69) is 4.98 Å². The first-order valence-electron chi connectivity index (χ1n) is 4.83. The Kier molecular flexibility index (Phi) is 2.82. The summed E-state index contributed by atoms with van der Waals surface area (Å²) in [5.41, 5.74) is -0.203. The minimum absolute atomic E-state index is 0.275. The van der Waals surface area contributed by atoms with Crippen LogP contribution < -0.4 is 0 Å². The summed E-state index contributed by atoms with van der Waals surface area (Å²) < 4.78 is 38.6. The molecule has 0 unspecified atom stereocenters. The third-order valence-corrected chi connectivity index (χ3v) is 2.19. The Hall–Kier alpha value is -2.31. The maximum Gasteiger partial charge on any atom is 0.417 e. The van der Waals surface area contributed by atoms with Crippen molar-refractivity contribution < 1.29 is 23.1 Å². The molecule has 0 aliphatic carbocycles. The molecule has 2 aromatic heterocycles. The van der Waals surface area contributed by atoms with Crippen LogP contribution in [0.1, 0.15) is 11.3 Å². The summed E-state index contributed by atoms with van der Waals surface area (Å²) in [4.78, 5) is 14.3. The van der Waals surface area contributed by atoms with Crippen LogP contribution in [0.25, 0.3) is 11.7 Å². The van der Waals surface area contributed by atoms with E-state index in [4.69, 9.17) is 5.11 Å². The maximum absolute atomic E-state index is 12.5. The quantitative estimate of drug-likeness (QED) is 0.839. The molecule has 94 valence electrons. The fourth-order valence-corrected chi connectivity index (χ4v) is 1.42. The van der Waals surface area contributed by atoms with Crippen molar-refractivity contribution in [3.8, 4) is 0 Å². The lowest BCUT2D eigenvalue weighted by atomic mass is 10.3. The Labute approximate surface area is 99.0 Å². The van der Waals surface area contributed by atoms with Crippen LogP contribution in [0.15, 0.2) is 30.6 Å². The van der Waals surface area contributed by atoms with Gasteiger partial charge in [-0.1, -0.05) is 0 Å². The van der Waals surface area contributed by atoms with Crippen molar-refractivity contribution in [2.24, 2.45) is 0 Å². The monoisotopic (exact) mass is 256 g/mol. The number of nitrogens with zero attached hydrogens (tertiary/aromatic N) is 2. The van der Waals surface area contributed by atoms with Crippen LogP contribution in [-0.2, 0) is 11.0 Å². The molecule has 0 saturated heterocycles. The Balaban J connectivity index is 2.43. The van der Waals surface area contributed by atoms with Gasteiger partial charge in [-0.3, -0.25) is 0 Å². The van der Waals surface area contributed by atoms with E-state index in [1.165, 1.54) is 22.7 Å². The number of rotatable bonds is 2. The minimum atomic E-state index is -4.42. The van der Waals surface area contributed by atoms with Crippen molar-refractivity contribution in [3.05, 3.63) is 41.9 Å². The van der Waals surface area contributed by atoms with Gasteiger partial charge in [0.25, 0.3) is 0 Å². The van der Waals surface area contributed by atoms with Gasteiger partial charge in [0.05, 0.1) is 11.3 Å². The van der Waals surface area contributed by atoms with Crippen molar-refractivity contribution in [1.29, 1.82) is 0 Å². The summed E-state index contributed by atoms with van der Waals surface area (Å²) in [6, 6.07) is 2.15. The highest BCUT2D eigenvalue weighted by atomic mass is 19.4. The zero-order chi connectivity index (χ0) is 13.3. The Morgan fingerprint density at radius 3 is 2.67 bits per heavy atom. The van der Waals surface area contributed by atoms with Crippen molar-refractivity contribution >= 4 is 17.7 Å². The lowest BCUT2D eigenvalue weighted by Gasteiger charge is -2.05. The zero-order valence-electron chi connectivity index (χ0n) is 8.85. The number of pyridine rings is 1. The molecular formula is C11H7F3N2O2. The van der Waals surface area contributed by atoms with Gasteiger partial charge >= 0.3 is 12.1 Å². The van der Waals surface area contributed by atoms with Crippen LogP contribution >= 0.6 is 0 Å². The molecule has 0 fully saturated rings. The fraction of sp³-hybridized carbons (Fsp3) is 0.0909. The lowest BCUT2D eigenvalue weighted by Crippen LogP contribution is -2.05. The first-order valence-corrected chi connectivity index (χ1v) is 4.83. The van der Waals surface area contributed by atoms with E-state index in [1.54, 1.807) is 0 Å². The van der Waals surface area contributed by atoms with Crippen molar-refractivity contribution in [2.75, 3.05) is 0 Å². The summed E-state index contributed by atoms with van der Waals surface area (Å²) in [5.74, 6) is -1.15. The van der Waals surface area contributed by atoms with Crippen molar-refractivity contribution in [1.82, 2.24) is 9.38 Å². The molecule has 0 spiro atoms. The van der Waals surface area contributed by atoms with E-state index in [1.807, 2.05) is 0 Å². The Morgan fingerprint density at radius 1 is 1.33 bits per heavy atom. The first kappa shape index (κ1) is 12.2. The Bertz CT molecular complexity index is 629. The van der Waals surface area contributed by atoms with E-state index in [-0.39, 0.29) is 5.69 Å². The first-order chi connectivity index (χ1) is 8.36. The third kappa shape index (κ3) is 2.50. The number of alkyl halides is 3. The molecule has 0 saturated carbocycles. The van der Waals surface area contributed by atoms with Crippen LogP contribution in [0, 0.1) is 0 Å². The van der Waals surface area contributed by atoms with Gasteiger partial charge in [0.1, 0.15) is 5.65 Å². The predicted octanol–water partition coefficient (Wildman–Crippen LogP) is 2.45. The molecule has 2 aromatic rings. The molecule has 0 aliphatic rings. The summed E-state index contributed by atoms with van der Waals surface area (Å²) in [6.07, 6.45) is -0.116. The molecule has 7 heteroatoms. The number of carbonyl (C=O) groups is 1. The van der Waals surface area contributed by atoms with E-state index in [9.17, 15) is 18.0 Å². The molecule has 18 heavy (non-hydrogen) atoms. The molecule has 0 aromatic carbocycles. The SMILES string of the molecule is O=C(O)/C=C/c1cn2cc(C(F)(F)F)ccc2n1. The lowest BCUT2D eigenvalue weighted by molar-refractivity contribution is -0.138. The molecule has 0 aliphatic heterocycles. The molecule has 2 rings (SSSR count). The van der Waals surface area contributed by atoms with Crippen molar-refractivity contribution in [2.45, 2.75) is 6.18 Å². The largest absolute Gasteiger partial charge is 0.478 e. The van der Waals surface area contributed by atoms with Crippen LogP contribution in [0.4, 0.5) is 13.2 Å². The van der Waals surface area contributed by atoms with Crippen LogP contribution in [0.3, 0.4) is 0 Å². The number of carboxylic acids is 1. The van der Waals surface area contributed by atoms with Gasteiger partial charge in [0.15, 0.2) is 0 Å². The number of hydrogen-bond donors (Lipinski definition) is 1. The number of imidazole rings is 1. The second-order valence-electron chi connectivity index (χ2n) is 3.52. The van der Waals surface area contributed by atoms with Crippen LogP contribution in [0.5, 0.6) is 0 Å². The van der Waals surface area contributed by atoms with E-state index in [0.29, 0.717) is 5.65 Å². The second kappa shape index (κ2) is 4.17. The average molecular weight is 256 g/mol. The average Bonchev–Trinajstić information content (AvgIpc) is 2.66.